The molecule has 0 aromatic rings. The molecule has 0 rings (SSSR count). The molecule has 0 radical (unpaired) electrons. The third-order valence-electron chi connectivity index (χ3n) is 4.83. The summed E-state index contributed by atoms with van der Waals surface area (Å²) in [6, 6.07) is 0. The van der Waals surface area contributed by atoms with Gasteiger partial charge in [-0.2, -0.15) is 0 Å². The van der Waals surface area contributed by atoms with Gasteiger partial charge in [0.05, 0.1) is 25.9 Å². The Morgan fingerprint density at radius 1 is 0.605 bits per heavy atom. The first kappa shape index (κ1) is 34.5. The van der Waals surface area contributed by atoms with Gasteiger partial charge in [-0.3, -0.25) is 19.2 Å². The second-order valence-corrected chi connectivity index (χ2v) is 8.95. The maximum absolute atomic E-state index is 12.5. The average molecular weight is 543 g/mol. The number of esters is 5. The van der Waals surface area contributed by atoms with E-state index in [4.69, 9.17) is 18.9 Å². The van der Waals surface area contributed by atoms with Gasteiger partial charge in [0.2, 0.25) is 0 Å². The Labute approximate surface area is 222 Å². The zero-order chi connectivity index (χ0) is 29.2. The SMILES string of the molecule is C=CC(=O)OCCOC(=O)CCC(=O)OC(C)(C)CCOC(C)(C)C(=O)CCC(=O)OCCOC(=O)C=C. The molecule has 0 aromatic heterocycles. The lowest BCUT2D eigenvalue weighted by Gasteiger charge is -2.28. The van der Waals surface area contributed by atoms with E-state index in [0.717, 1.165) is 12.2 Å². The Balaban J connectivity index is 4.24. The third-order valence-corrected chi connectivity index (χ3v) is 4.83. The fraction of sp³-hybridized carbons (Fsp3) is 0.615. The lowest BCUT2D eigenvalue weighted by atomic mass is 9.98. The number of Topliss-reactive ketones (excluding diaryl/α,β-unsaturated/α-hetero) is 1. The number of hydrogen-bond donors (Lipinski definition) is 0. The van der Waals surface area contributed by atoms with Crippen LogP contribution in [0.1, 0.15) is 59.8 Å². The summed E-state index contributed by atoms with van der Waals surface area (Å²) in [5, 5.41) is 0. The summed E-state index contributed by atoms with van der Waals surface area (Å²) in [5.41, 5.74) is -2.12. The molecule has 0 heterocycles. The Morgan fingerprint density at radius 2 is 1.03 bits per heavy atom. The van der Waals surface area contributed by atoms with Gasteiger partial charge in [-0.1, -0.05) is 13.2 Å². The highest BCUT2D eigenvalue weighted by molar-refractivity contribution is 5.89. The van der Waals surface area contributed by atoms with Crippen molar-refractivity contribution in [2.45, 2.75) is 71.0 Å². The molecule has 0 atom stereocenters. The number of ketones is 1. The summed E-state index contributed by atoms with van der Waals surface area (Å²) in [4.78, 5) is 69.8. The summed E-state index contributed by atoms with van der Waals surface area (Å²) in [6.45, 7) is 12.5. The highest BCUT2D eigenvalue weighted by atomic mass is 16.6. The van der Waals surface area contributed by atoms with Crippen molar-refractivity contribution in [3.63, 3.8) is 0 Å². The molecule has 0 N–H and O–H groups in total. The van der Waals surface area contributed by atoms with Gasteiger partial charge in [-0.15, -0.1) is 0 Å². The molecular weight excluding hydrogens is 504 g/mol. The first-order valence-corrected chi connectivity index (χ1v) is 12.0. The van der Waals surface area contributed by atoms with Gasteiger partial charge in [-0.05, 0) is 27.7 Å². The summed E-state index contributed by atoms with van der Waals surface area (Å²) in [7, 11) is 0. The van der Waals surface area contributed by atoms with Gasteiger partial charge >= 0.3 is 29.8 Å². The van der Waals surface area contributed by atoms with Crippen LogP contribution in [-0.4, -0.2) is 79.9 Å². The Morgan fingerprint density at radius 3 is 1.50 bits per heavy atom. The minimum Gasteiger partial charge on any atom is -0.462 e. The first-order valence-electron chi connectivity index (χ1n) is 12.0. The van der Waals surface area contributed by atoms with Gasteiger partial charge in [-0.25, -0.2) is 9.59 Å². The van der Waals surface area contributed by atoms with Gasteiger partial charge in [0.25, 0.3) is 0 Å². The summed E-state index contributed by atoms with van der Waals surface area (Å²) in [5.74, 6) is -3.45. The number of hydrogen-bond acceptors (Lipinski definition) is 12. The topological polar surface area (TPSA) is 158 Å². The van der Waals surface area contributed by atoms with Crippen LogP contribution in [0, 0.1) is 0 Å². The largest absolute Gasteiger partial charge is 0.462 e. The molecule has 0 saturated carbocycles. The van der Waals surface area contributed by atoms with E-state index in [1.54, 1.807) is 27.7 Å². The molecule has 0 spiro atoms. The van der Waals surface area contributed by atoms with Gasteiger partial charge in [0, 0.05) is 25.0 Å². The Bertz CT molecular complexity index is 856. The second kappa shape index (κ2) is 17.8. The van der Waals surface area contributed by atoms with E-state index in [1.807, 2.05) is 0 Å². The zero-order valence-corrected chi connectivity index (χ0v) is 22.5. The van der Waals surface area contributed by atoms with Crippen molar-refractivity contribution in [1.29, 1.82) is 0 Å². The van der Waals surface area contributed by atoms with Crippen molar-refractivity contribution in [3.05, 3.63) is 25.3 Å². The fourth-order valence-corrected chi connectivity index (χ4v) is 2.62. The Hall–Kier alpha value is -3.54. The van der Waals surface area contributed by atoms with E-state index in [2.05, 4.69) is 22.6 Å². The van der Waals surface area contributed by atoms with Crippen LogP contribution in [0.5, 0.6) is 0 Å². The van der Waals surface area contributed by atoms with E-state index in [-0.39, 0.29) is 70.9 Å². The van der Waals surface area contributed by atoms with Gasteiger partial charge < -0.3 is 28.4 Å². The molecule has 12 nitrogen and oxygen atoms in total. The first-order chi connectivity index (χ1) is 17.7. The van der Waals surface area contributed by atoms with E-state index >= 15 is 0 Å². The highest BCUT2D eigenvalue weighted by Crippen LogP contribution is 2.20. The standard InChI is InChI=1S/C26H38O12/c1-7-20(28)33-15-17-35-22(30)10-9-19(27)26(5,6)37-14-13-25(3,4)38-24(32)12-11-23(31)36-18-16-34-21(29)8-2/h7-8H,1-2,9-18H2,3-6H3. The van der Waals surface area contributed by atoms with Crippen molar-refractivity contribution in [3.8, 4) is 0 Å². The lowest BCUT2D eigenvalue weighted by Crippen LogP contribution is -2.38. The van der Waals surface area contributed by atoms with Crippen molar-refractivity contribution in [2.24, 2.45) is 0 Å². The maximum atomic E-state index is 12.5. The normalized spacial score (nSPS) is 11.1. The van der Waals surface area contributed by atoms with E-state index in [9.17, 15) is 28.8 Å². The molecule has 0 aromatic carbocycles. The summed E-state index contributed by atoms with van der Waals surface area (Å²) < 4.78 is 30.2. The molecule has 0 amide bonds. The minimum absolute atomic E-state index is 0.0869. The van der Waals surface area contributed by atoms with Crippen LogP contribution < -0.4 is 0 Å². The van der Waals surface area contributed by atoms with Crippen LogP contribution in [-0.2, 0) is 57.2 Å². The van der Waals surface area contributed by atoms with E-state index in [0.29, 0.717) is 0 Å². The second-order valence-electron chi connectivity index (χ2n) is 8.95. The molecular formula is C26H38O12. The fourth-order valence-electron chi connectivity index (χ4n) is 2.62. The van der Waals surface area contributed by atoms with Crippen LogP contribution in [0.2, 0.25) is 0 Å². The van der Waals surface area contributed by atoms with Crippen molar-refractivity contribution < 1.29 is 57.2 Å². The quantitative estimate of drug-likeness (QED) is 0.0957. The number of ether oxygens (including phenoxy) is 6. The van der Waals surface area contributed by atoms with E-state index < -0.39 is 41.0 Å². The average Bonchev–Trinajstić information content (AvgIpc) is 2.85. The monoisotopic (exact) mass is 542 g/mol. The van der Waals surface area contributed by atoms with Gasteiger partial charge in [0.1, 0.15) is 37.6 Å². The van der Waals surface area contributed by atoms with Crippen molar-refractivity contribution in [1.82, 2.24) is 0 Å². The number of rotatable bonds is 20. The van der Waals surface area contributed by atoms with Crippen LogP contribution in [0.25, 0.3) is 0 Å². The molecule has 0 unspecified atom stereocenters. The van der Waals surface area contributed by atoms with Crippen LogP contribution >= 0.6 is 0 Å². The molecule has 0 saturated heterocycles. The number of carbonyl (C=O) groups is 6. The number of carbonyl (C=O) groups excluding carboxylic acids is 6. The molecule has 0 aliphatic heterocycles. The molecule has 0 fully saturated rings. The minimum atomic E-state index is -1.19. The maximum Gasteiger partial charge on any atom is 0.330 e. The summed E-state index contributed by atoms with van der Waals surface area (Å²) >= 11 is 0. The van der Waals surface area contributed by atoms with Crippen molar-refractivity contribution in [2.75, 3.05) is 33.0 Å². The molecule has 214 valence electrons. The summed E-state index contributed by atoms with van der Waals surface area (Å²) in [6.07, 6.45) is 1.57. The van der Waals surface area contributed by atoms with Gasteiger partial charge in [0.15, 0.2) is 5.78 Å². The van der Waals surface area contributed by atoms with Crippen LogP contribution in [0.3, 0.4) is 0 Å². The Kier molecular flexibility index (Phi) is 16.2. The van der Waals surface area contributed by atoms with Crippen LogP contribution in [0.15, 0.2) is 25.3 Å². The molecule has 0 aliphatic carbocycles. The van der Waals surface area contributed by atoms with Crippen LogP contribution in [0.4, 0.5) is 0 Å². The van der Waals surface area contributed by atoms with Crippen molar-refractivity contribution >= 4 is 35.6 Å². The molecule has 12 heteroatoms. The zero-order valence-electron chi connectivity index (χ0n) is 22.5. The highest BCUT2D eigenvalue weighted by Gasteiger charge is 2.30. The smallest absolute Gasteiger partial charge is 0.330 e. The molecule has 0 bridgehead atoms. The third kappa shape index (κ3) is 17.0. The van der Waals surface area contributed by atoms with E-state index in [1.165, 1.54) is 0 Å². The lowest BCUT2D eigenvalue weighted by molar-refractivity contribution is -0.163. The predicted octanol–water partition coefficient (Wildman–Crippen LogP) is 2.17. The molecule has 0 aliphatic rings. The predicted molar refractivity (Wildman–Crippen MR) is 133 cm³/mol. The molecule has 38 heavy (non-hydrogen) atoms.